The molecule has 0 unspecified atom stereocenters. The van der Waals surface area contributed by atoms with Crippen LogP contribution in [-0.2, 0) is 4.74 Å². The van der Waals surface area contributed by atoms with Crippen molar-refractivity contribution >= 4 is 39.8 Å². The molecule has 0 saturated carbocycles. The molecule has 1 aromatic heterocycles. The molecular weight excluding hydrogens is 428 g/mol. The molecule has 7 nitrogen and oxygen atoms in total. The Bertz CT molecular complexity index is 1200. The van der Waals surface area contributed by atoms with E-state index in [1.165, 1.54) is 14.2 Å². The lowest BCUT2D eigenvalue weighted by atomic mass is 10.1. The minimum Gasteiger partial charge on any atom is -0.497 e. The topological polar surface area (TPSA) is 93.7 Å². The Labute approximate surface area is 190 Å². The number of anilines is 2. The first-order chi connectivity index (χ1) is 15.2. The van der Waals surface area contributed by atoms with Crippen molar-refractivity contribution in [1.29, 1.82) is 0 Å². The van der Waals surface area contributed by atoms with Crippen molar-refractivity contribution in [3.8, 4) is 5.75 Å². The van der Waals surface area contributed by atoms with Crippen LogP contribution in [0.25, 0.3) is 0 Å². The maximum absolute atomic E-state index is 13.0. The second kappa shape index (κ2) is 9.65. The third-order valence-electron chi connectivity index (χ3n) is 4.93. The van der Waals surface area contributed by atoms with Gasteiger partial charge in [-0.05, 0) is 56.2 Å². The highest BCUT2D eigenvalue weighted by molar-refractivity contribution is 7.19. The lowest BCUT2D eigenvalue weighted by Crippen LogP contribution is -2.14. The van der Waals surface area contributed by atoms with Crippen LogP contribution in [0, 0.1) is 20.8 Å². The van der Waals surface area contributed by atoms with Gasteiger partial charge in [-0.1, -0.05) is 23.8 Å². The number of carbonyl (C=O) groups excluding carboxylic acids is 3. The molecule has 0 spiro atoms. The van der Waals surface area contributed by atoms with Crippen LogP contribution < -0.4 is 15.4 Å². The number of ether oxygens (including phenoxy) is 2. The Morgan fingerprint density at radius 3 is 2.31 bits per heavy atom. The van der Waals surface area contributed by atoms with E-state index in [0.29, 0.717) is 27.4 Å². The number of benzene rings is 2. The number of thiophene rings is 1. The predicted molar refractivity (Wildman–Crippen MR) is 125 cm³/mol. The van der Waals surface area contributed by atoms with Gasteiger partial charge in [-0.2, -0.15) is 0 Å². The highest BCUT2D eigenvalue weighted by Gasteiger charge is 2.27. The quantitative estimate of drug-likeness (QED) is 0.515. The van der Waals surface area contributed by atoms with Crippen molar-refractivity contribution in [2.24, 2.45) is 0 Å². The molecule has 1 heterocycles. The third-order valence-corrected chi connectivity index (χ3v) is 6.14. The number of hydrogen-bond donors (Lipinski definition) is 2. The molecule has 0 bridgehead atoms. The summed E-state index contributed by atoms with van der Waals surface area (Å²) in [5, 5.41) is 5.86. The maximum atomic E-state index is 13.0. The second-order valence-electron chi connectivity index (χ2n) is 7.21. The van der Waals surface area contributed by atoms with Gasteiger partial charge in [-0.3, -0.25) is 9.59 Å². The number of amides is 2. The average molecular weight is 453 g/mol. The van der Waals surface area contributed by atoms with Gasteiger partial charge in [-0.25, -0.2) is 4.79 Å². The molecule has 0 fully saturated rings. The van der Waals surface area contributed by atoms with Crippen LogP contribution in [0.4, 0.5) is 10.7 Å². The summed E-state index contributed by atoms with van der Waals surface area (Å²) in [6.45, 7) is 5.53. The van der Waals surface area contributed by atoms with Crippen LogP contribution in [0.15, 0.2) is 42.5 Å². The summed E-state index contributed by atoms with van der Waals surface area (Å²) in [5.74, 6) is -0.907. The second-order valence-corrected chi connectivity index (χ2v) is 8.23. The number of esters is 1. The normalized spacial score (nSPS) is 10.4. The average Bonchev–Trinajstić information content (AvgIpc) is 3.10. The molecule has 0 radical (unpaired) electrons. The Morgan fingerprint density at radius 2 is 1.66 bits per heavy atom. The van der Waals surface area contributed by atoms with E-state index in [-0.39, 0.29) is 16.5 Å². The van der Waals surface area contributed by atoms with Crippen LogP contribution in [-0.4, -0.2) is 32.0 Å². The van der Waals surface area contributed by atoms with Gasteiger partial charge < -0.3 is 20.1 Å². The van der Waals surface area contributed by atoms with Crippen molar-refractivity contribution in [3.63, 3.8) is 0 Å². The van der Waals surface area contributed by atoms with E-state index in [1.54, 1.807) is 31.2 Å². The van der Waals surface area contributed by atoms with Gasteiger partial charge in [0.2, 0.25) is 0 Å². The fraction of sp³-hybridized carbons (Fsp3) is 0.208. The van der Waals surface area contributed by atoms with Gasteiger partial charge in [0.1, 0.15) is 10.8 Å². The minimum absolute atomic E-state index is 0.152. The van der Waals surface area contributed by atoms with E-state index < -0.39 is 11.9 Å². The van der Waals surface area contributed by atoms with Gasteiger partial charge in [0.05, 0.1) is 24.7 Å². The minimum atomic E-state index is -0.634. The number of nitrogens with one attached hydrogen (secondary N) is 2. The molecule has 2 aromatic carbocycles. The Balaban J connectivity index is 1.94. The number of carbonyl (C=O) groups is 3. The summed E-state index contributed by atoms with van der Waals surface area (Å²) in [6.07, 6.45) is 0. The fourth-order valence-corrected chi connectivity index (χ4v) is 4.32. The van der Waals surface area contributed by atoms with Crippen LogP contribution in [0.3, 0.4) is 0 Å². The van der Waals surface area contributed by atoms with E-state index in [1.807, 2.05) is 32.0 Å². The smallest absolute Gasteiger partial charge is 0.341 e. The van der Waals surface area contributed by atoms with Gasteiger partial charge in [0.15, 0.2) is 0 Å². The van der Waals surface area contributed by atoms with Crippen LogP contribution in [0.5, 0.6) is 5.75 Å². The molecule has 32 heavy (non-hydrogen) atoms. The molecule has 8 heteroatoms. The van der Waals surface area contributed by atoms with Crippen molar-refractivity contribution < 1.29 is 23.9 Å². The number of hydrogen-bond acceptors (Lipinski definition) is 6. The zero-order valence-corrected chi connectivity index (χ0v) is 19.3. The van der Waals surface area contributed by atoms with Crippen LogP contribution in [0.1, 0.15) is 47.1 Å². The molecule has 166 valence electrons. The van der Waals surface area contributed by atoms with E-state index in [4.69, 9.17) is 9.47 Å². The first-order valence-electron chi connectivity index (χ1n) is 9.80. The molecule has 3 aromatic rings. The van der Waals surface area contributed by atoms with Crippen molar-refractivity contribution in [3.05, 3.63) is 75.2 Å². The summed E-state index contributed by atoms with van der Waals surface area (Å²) in [4.78, 5) is 38.5. The Kier molecular flexibility index (Phi) is 6.95. The van der Waals surface area contributed by atoms with Crippen molar-refractivity contribution in [1.82, 2.24) is 0 Å². The fourth-order valence-electron chi connectivity index (χ4n) is 3.24. The predicted octanol–water partition coefficient (Wildman–Crippen LogP) is 4.97. The molecule has 0 atom stereocenters. The third kappa shape index (κ3) is 4.81. The standard InChI is InChI=1S/C24H24N2O5S/c1-13-9-10-18(14(2)11-13)25-22(28)20-15(3)19(24(29)31-5)23(32-20)26-21(27)16-7-6-8-17(12-16)30-4/h6-12H,1-5H3,(H,25,28)(H,26,27). The largest absolute Gasteiger partial charge is 0.497 e. The lowest BCUT2D eigenvalue weighted by molar-refractivity contribution is 0.0601. The van der Waals surface area contributed by atoms with E-state index in [9.17, 15) is 14.4 Å². The Morgan fingerprint density at radius 1 is 0.906 bits per heavy atom. The van der Waals surface area contributed by atoms with E-state index in [0.717, 1.165) is 22.5 Å². The van der Waals surface area contributed by atoms with Crippen LogP contribution in [0.2, 0.25) is 0 Å². The monoisotopic (exact) mass is 452 g/mol. The molecule has 0 saturated heterocycles. The lowest BCUT2D eigenvalue weighted by Gasteiger charge is -2.08. The van der Waals surface area contributed by atoms with Crippen molar-refractivity contribution in [2.45, 2.75) is 20.8 Å². The number of aryl methyl sites for hydroxylation is 2. The molecule has 0 aliphatic heterocycles. The molecular formula is C24H24N2O5S. The highest BCUT2D eigenvalue weighted by atomic mass is 32.1. The first-order valence-corrected chi connectivity index (χ1v) is 10.6. The SMILES string of the molecule is COC(=O)c1c(NC(=O)c2cccc(OC)c2)sc(C(=O)Nc2ccc(C)cc2C)c1C. The Hall–Kier alpha value is -3.65. The summed E-state index contributed by atoms with van der Waals surface area (Å²) < 4.78 is 10.0. The maximum Gasteiger partial charge on any atom is 0.341 e. The first kappa shape index (κ1) is 23.0. The number of methoxy groups -OCH3 is 2. The van der Waals surface area contributed by atoms with Gasteiger partial charge in [-0.15, -0.1) is 11.3 Å². The summed E-state index contributed by atoms with van der Waals surface area (Å²) >= 11 is 1.02. The summed E-state index contributed by atoms with van der Waals surface area (Å²) in [5.41, 5.74) is 3.63. The molecule has 0 aliphatic carbocycles. The van der Waals surface area contributed by atoms with Gasteiger partial charge >= 0.3 is 5.97 Å². The van der Waals surface area contributed by atoms with Gasteiger partial charge in [0, 0.05) is 11.3 Å². The highest BCUT2D eigenvalue weighted by Crippen LogP contribution is 2.35. The number of rotatable bonds is 6. The zero-order valence-electron chi connectivity index (χ0n) is 18.5. The van der Waals surface area contributed by atoms with Crippen molar-refractivity contribution in [2.75, 3.05) is 24.9 Å². The molecule has 2 amide bonds. The summed E-state index contributed by atoms with van der Waals surface area (Å²) in [7, 11) is 2.76. The van der Waals surface area contributed by atoms with E-state index >= 15 is 0 Å². The van der Waals surface area contributed by atoms with Gasteiger partial charge in [0.25, 0.3) is 11.8 Å². The molecule has 2 N–H and O–H groups in total. The van der Waals surface area contributed by atoms with Crippen LogP contribution >= 0.6 is 11.3 Å². The molecule has 3 rings (SSSR count). The zero-order chi connectivity index (χ0) is 23.4. The molecule has 0 aliphatic rings. The summed E-state index contributed by atoms with van der Waals surface area (Å²) in [6, 6.07) is 12.3. The van der Waals surface area contributed by atoms with E-state index in [2.05, 4.69) is 10.6 Å².